The van der Waals surface area contributed by atoms with Crippen molar-refractivity contribution in [1.82, 2.24) is 9.62 Å². The molecule has 12 nitrogen and oxygen atoms in total. The molecule has 42 heavy (non-hydrogen) atoms. The summed E-state index contributed by atoms with van der Waals surface area (Å²) in [4.78, 5) is 11.7. The Labute approximate surface area is 248 Å². The highest BCUT2D eigenvalue weighted by Crippen LogP contribution is 2.47. The highest BCUT2D eigenvalue weighted by Gasteiger charge is 2.32. The maximum Gasteiger partial charge on any atom is 0.404 e. The molecule has 2 rings (SSSR count). The van der Waals surface area contributed by atoms with Crippen LogP contribution in [0.2, 0.25) is 0 Å². The lowest BCUT2D eigenvalue weighted by atomic mass is 10.0. The van der Waals surface area contributed by atoms with Gasteiger partial charge in [0.2, 0.25) is 10.0 Å². The van der Waals surface area contributed by atoms with Gasteiger partial charge in [-0.1, -0.05) is 37.3 Å². The molecule has 0 unspecified atom stereocenters. The van der Waals surface area contributed by atoms with Gasteiger partial charge in [0.25, 0.3) is 0 Å². The predicted molar refractivity (Wildman–Crippen MR) is 158 cm³/mol. The van der Waals surface area contributed by atoms with Crippen molar-refractivity contribution in [2.75, 3.05) is 46.4 Å². The summed E-state index contributed by atoms with van der Waals surface area (Å²) in [5.41, 5.74) is 0.656. The first-order valence-electron chi connectivity index (χ1n) is 13.8. The van der Waals surface area contributed by atoms with E-state index in [9.17, 15) is 28.0 Å². The maximum atomic E-state index is 13.5. The number of nitrogens with zero attached hydrogens (tertiary/aromatic N) is 1. The number of methoxy groups -OCH3 is 1. The highest BCUT2D eigenvalue weighted by atomic mass is 32.2. The summed E-state index contributed by atoms with van der Waals surface area (Å²) in [5.74, 6) is 0.307. The number of carbonyl (C=O) groups is 1. The van der Waals surface area contributed by atoms with Gasteiger partial charge in [-0.05, 0) is 62.4 Å². The fourth-order valence-electron chi connectivity index (χ4n) is 4.18. The molecule has 2 aromatic carbocycles. The first-order chi connectivity index (χ1) is 19.9. The van der Waals surface area contributed by atoms with E-state index in [0.717, 1.165) is 0 Å². The van der Waals surface area contributed by atoms with Crippen LogP contribution in [0.5, 0.6) is 5.75 Å². The van der Waals surface area contributed by atoms with Crippen LogP contribution in [0, 0.1) is 5.92 Å². The lowest BCUT2D eigenvalue weighted by molar-refractivity contribution is 0.0953. The molecule has 14 heteroatoms. The molecule has 0 radical (unpaired) electrons. The lowest BCUT2D eigenvalue weighted by Crippen LogP contribution is -2.51. The Hall–Kier alpha value is -2.51. The summed E-state index contributed by atoms with van der Waals surface area (Å²) in [5, 5.41) is 23.0. The van der Waals surface area contributed by atoms with E-state index in [2.05, 4.69) is 5.32 Å². The topological polar surface area (TPSA) is 161 Å². The molecule has 0 saturated carbocycles. The van der Waals surface area contributed by atoms with E-state index in [4.69, 9.17) is 18.5 Å². The fraction of sp³-hybridized carbons (Fsp3) is 0.536. The minimum absolute atomic E-state index is 0.0720. The van der Waals surface area contributed by atoms with Crippen LogP contribution < -0.4 is 10.1 Å². The quantitative estimate of drug-likeness (QED) is 0.181. The highest BCUT2D eigenvalue weighted by molar-refractivity contribution is 7.89. The Morgan fingerprint density at radius 2 is 1.64 bits per heavy atom. The average Bonchev–Trinajstić information content (AvgIpc) is 2.95. The van der Waals surface area contributed by atoms with Crippen molar-refractivity contribution < 1.29 is 46.5 Å². The minimum Gasteiger partial charge on any atom is -0.481 e. The van der Waals surface area contributed by atoms with Crippen LogP contribution in [0.1, 0.15) is 32.8 Å². The number of sulfonamides is 1. The second kappa shape index (κ2) is 17.6. The number of nitrogens with one attached hydrogen (secondary N) is 1. The summed E-state index contributed by atoms with van der Waals surface area (Å²) >= 11 is 0. The number of benzene rings is 2. The van der Waals surface area contributed by atoms with E-state index >= 15 is 0 Å². The summed E-state index contributed by atoms with van der Waals surface area (Å²) in [6, 6.07) is 13.5. The van der Waals surface area contributed by atoms with Gasteiger partial charge in [-0.25, -0.2) is 13.2 Å². The predicted octanol–water partition coefficient (Wildman–Crippen LogP) is 4.19. The van der Waals surface area contributed by atoms with E-state index in [0.29, 0.717) is 24.3 Å². The standard InChI is InChI=1S/C28H43N2O10PS/c1-5-39-41(34,40-6-2)21-38-24-14-12-23(13-15-24)18-26(29-28(32)33)27(31)20-30(19-22(3)16-17-37-4)42(35,36)25-10-8-7-9-11-25/h7-15,22,26-27,29,31H,5-6,16-21H2,1-4H3,(H,32,33)/t22-,26-,27+/m0/s1. The van der Waals surface area contributed by atoms with Gasteiger partial charge in [0.05, 0.1) is 30.3 Å². The van der Waals surface area contributed by atoms with Crippen LogP contribution in [0.4, 0.5) is 4.79 Å². The molecular formula is C28H43N2O10PS. The molecule has 1 amide bonds. The third kappa shape index (κ3) is 11.6. The number of aliphatic hydroxyl groups is 1. The monoisotopic (exact) mass is 630 g/mol. The van der Waals surface area contributed by atoms with Crippen molar-refractivity contribution >= 4 is 23.7 Å². The number of hydrogen-bond donors (Lipinski definition) is 3. The van der Waals surface area contributed by atoms with E-state index in [1.54, 1.807) is 63.4 Å². The third-order valence-corrected chi connectivity index (χ3v) is 9.89. The molecule has 3 atom stereocenters. The molecule has 3 N–H and O–H groups in total. The van der Waals surface area contributed by atoms with E-state index in [1.807, 2.05) is 6.92 Å². The van der Waals surface area contributed by atoms with Crippen LogP contribution >= 0.6 is 7.60 Å². The van der Waals surface area contributed by atoms with Gasteiger partial charge in [-0.15, -0.1) is 0 Å². The molecule has 0 aliphatic carbocycles. The molecule has 2 aromatic rings. The van der Waals surface area contributed by atoms with Gasteiger partial charge in [0.15, 0.2) is 6.35 Å². The Balaban J connectivity index is 2.20. The normalized spacial score (nSPS) is 14.3. The zero-order valence-corrected chi connectivity index (χ0v) is 26.3. The van der Waals surface area contributed by atoms with Crippen LogP contribution in [0.25, 0.3) is 0 Å². The largest absolute Gasteiger partial charge is 0.481 e. The van der Waals surface area contributed by atoms with Gasteiger partial charge in [0, 0.05) is 26.8 Å². The number of carboxylic acid groups (broad SMARTS) is 1. The average molecular weight is 631 g/mol. The Bertz CT molecular complexity index is 1220. The van der Waals surface area contributed by atoms with Crippen molar-refractivity contribution in [3.63, 3.8) is 0 Å². The van der Waals surface area contributed by atoms with Crippen LogP contribution in [-0.4, -0.2) is 87.5 Å². The number of aliphatic hydroxyl groups excluding tert-OH is 1. The minimum atomic E-state index is -3.99. The lowest BCUT2D eigenvalue weighted by Gasteiger charge is -2.30. The number of ether oxygens (including phenoxy) is 2. The van der Waals surface area contributed by atoms with Crippen LogP contribution in [0.3, 0.4) is 0 Å². The molecule has 236 valence electrons. The van der Waals surface area contributed by atoms with E-state index in [1.165, 1.54) is 16.4 Å². The van der Waals surface area contributed by atoms with Crippen molar-refractivity contribution in [3.05, 3.63) is 60.2 Å². The fourth-order valence-corrected chi connectivity index (χ4v) is 7.10. The number of rotatable bonds is 20. The first kappa shape index (κ1) is 35.7. The third-order valence-electron chi connectivity index (χ3n) is 6.29. The van der Waals surface area contributed by atoms with Gasteiger partial charge >= 0.3 is 13.7 Å². The van der Waals surface area contributed by atoms with E-state index in [-0.39, 0.29) is 49.9 Å². The van der Waals surface area contributed by atoms with Crippen molar-refractivity contribution in [2.24, 2.45) is 5.92 Å². The van der Waals surface area contributed by atoms with Gasteiger partial charge in [0.1, 0.15) is 5.75 Å². The Morgan fingerprint density at radius 1 is 1.02 bits per heavy atom. The zero-order valence-electron chi connectivity index (χ0n) is 24.5. The first-order valence-corrected chi connectivity index (χ1v) is 16.9. The summed E-state index contributed by atoms with van der Waals surface area (Å²) in [6.07, 6.45) is -2.32. The Kier molecular flexibility index (Phi) is 14.9. The summed E-state index contributed by atoms with van der Waals surface area (Å²) in [6.45, 7) is 5.93. The molecular weight excluding hydrogens is 587 g/mol. The Morgan fingerprint density at radius 3 is 2.19 bits per heavy atom. The zero-order chi connectivity index (χ0) is 31.2. The molecule has 0 heterocycles. The smallest absolute Gasteiger partial charge is 0.404 e. The number of hydrogen-bond acceptors (Lipinski definition) is 9. The second-order valence-electron chi connectivity index (χ2n) is 9.71. The second-order valence-corrected chi connectivity index (χ2v) is 13.6. The summed E-state index contributed by atoms with van der Waals surface area (Å²) in [7, 11) is -5.83. The van der Waals surface area contributed by atoms with Gasteiger partial charge in [-0.3, -0.25) is 4.57 Å². The molecule has 0 spiro atoms. The van der Waals surface area contributed by atoms with Crippen LogP contribution in [0.15, 0.2) is 59.5 Å². The van der Waals surface area contributed by atoms with Crippen molar-refractivity contribution in [3.8, 4) is 5.75 Å². The molecule has 0 aliphatic rings. The van der Waals surface area contributed by atoms with Crippen molar-refractivity contribution in [1.29, 1.82) is 0 Å². The van der Waals surface area contributed by atoms with Gasteiger partial charge < -0.3 is 34.1 Å². The molecule has 0 bridgehead atoms. The van der Waals surface area contributed by atoms with Crippen LogP contribution in [-0.2, 0) is 34.8 Å². The molecule has 0 aliphatic heterocycles. The molecule has 0 saturated heterocycles. The SMILES string of the molecule is CCOP(=O)(COc1ccc(C[C@H](NC(=O)O)[C@H](O)CN(C[C@@H](C)CCOC)S(=O)(=O)c2ccccc2)cc1)OCC. The summed E-state index contributed by atoms with van der Waals surface area (Å²) < 4.78 is 62.0. The maximum absolute atomic E-state index is 13.5. The molecule has 0 fully saturated rings. The van der Waals surface area contributed by atoms with E-state index < -0.39 is 35.9 Å². The van der Waals surface area contributed by atoms with Crippen molar-refractivity contribution in [2.45, 2.75) is 50.7 Å². The molecule has 0 aromatic heterocycles. The van der Waals surface area contributed by atoms with Gasteiger partial charge in [-0.2, -0.15) is 4.31 Å². The number of amides is 1.